The number of hydrogen-bond acceptors (Lipinski definition) is 3. The van der Waals surface area contributed by atoms with Gasteiger partial charge in [-0.2, -0.15) is 0 Å². The molecule has 2 atom stereocenters. The molecule has 4 heteroatoms. The number of nitrogens with zero attached hydrogens (tertiary/aromatic N) is 1. The van der Waals surface area contributed by atoms with Crippen molar-refractivity contribution in [2.45, 2.75) is 32.4 Å². The standard InChI is InChI=1S/C10H21N3O/c1-8-7-13(9(2)6-12-8)5-4-10(14)11-3/h8-9,12H,4-7H2,1-3H3,(H,11,14). The minimum Gasteiger partial charge on any atom is -0.359 e. The van der Waals surface area contributed by atoms with Crippen LogP contribution in [0.2, 0.25) is 0 Å². The molecule has 0 spiro atoms. The average molecular weight is 199 g/mol. The molecule has 0 saturated carbocycles. The maximum absolute atomic E-state index is 11.1. The van der Waals surface area contributed by atoms with Gasteiger partial charge in [0, 0.05) is 45.2 Å². The second-order valence-corrected chi connectivity index (χ2v) is 4.08. The highest BCUT2D eigenvalue weighted by Crippen LogP contribution is 2.06. The average Bonchev–Trinajstić information content (AvgIpc) is 2.19. The van der Waals surface area contributed by atoms with Crippen molar-refractivity contribution in [3.63, 3.8) is 0 Å². The first-order chi connectivity index (χ1) is 6.63. The highest BCUT2D eigenvalue weighted by atomic mass is 16.1. The minimum absolute atomic E-state index is 0.128. The van der Waals surface area contributed by atoms with E-state index >= 15 is 0 Å². The fourth-order valence-electron chi connectivity index (χ4n) is 1.78. The van der Waals surface area contributed by atoms with E-state index in [9.17, 15) is 4.79 Å². The summed E-state index contributed by atoms with van der Waals surface area (Å²) < 4.78 is 0. The van der Waals surface area contributed by atoms with Crippen LogP contribution in [-0.2, 0) is 4.79 Å². The maximum Gasteiger partial charge on any atom is 0.221 e. The van der Waals surface area contributed by atoms with Crippen LogP contribution in [-0.4, -0.2) is 49.6 Å². The molecule has 0 aromatic carbocycles. The summed E-state index contributed by atoms with van der Waals surface area (Å²) in [5.74, 6) is 0.128. The molecule has 0 aromatic rings. The Hall–Kier alpha value is -0.610. The predicted octanol–water partition coefficient (Wildman–Crippen LogP) is -0.195. The quantitative estimate of drug-likeness (QED) is 0.662. The van der Waals surface area contributed by atoms with Gasteiger partial charge in [-0.05, 0) is 13.8 Å². The first-order valence-electron chi connectivity index (χ1n) is 5.31. The molecule has 14 heavy (non-hydrogen) atoms. The van der Waals surface area contributed by atoms with Gasteiger partial charge in [0.05, 0.1) is 0 Å². The first-order valence-corrected chi connectivity index (χ1v) is 5.31. The molecular formula is C10H21N3O. The largest absolute Gasteiger partial charge is 0.359 e. The number of carbonyl (C=O) groups excluding carboxylic acids is 1. The van der Waals surface area contributed by atoms with Crippen LogP contribution in [0.3, 0.4) is 0 Å². The Balaban J connectivity index is 2.30. The van der Waals surface area contributed by atoms with E-state index in [0.717, 1.165) is 19.6 Å². The van der Waals surface area contributed by atoms with E-state index in [-0.39, 0.29) is 5.91 Å². The molecule has 0 aromatic heterocycles. The summed E-state index contributed by atoms with van der Waals surface area (Å²) in [6.45, 7) is 7.31. The second kappa shape index (κ2) is 5.32. The molecule has 1 rings (SSSR count). The van der Waals surface area contributed by atoms with E-state index in [4.69, 9.17) is 0 Å². The minimum atomic E-state index is 0.128. The van der Waals surface area contributed by atoms with Crippen LogP contribution in [0.5, 0.6) is 0 Å². The molecule has 1 aliphatic heterocycles. The Labute approximate surface area is 86.0 Å². The SMILES string of the molecule is CNC(=O)CCN1CC(C)NCC1C. The Morgan fingerprint density at radius 3 is 2.93 bits per heavy atom. The third-order valence-corrected chi connectivity index (χ3v) is 2.80. The molecule has 1 heterocycles. The van der Waals surface area contributed by atoms with Gasteiger partial charge >= 0.3 is 0 Å². The van der Waals surface area contributed by atoms with Crippen molar-refractivity contribution in [1.82, 2.24) is 15.5 Å². The van der Waals surface area contributed by atoms with Crippen molar-refractivity contribution in [2.75, 3.05) is 26.7 Å². The van der Waals surface area contributed by atoms with Crippen LogP contribution in [0.15, 0.2) is 0 Å². The van der Waals surface area contributed by atoms with Gasteiger partial charge in [-0.15, -0.1) is 0 Å². The van der Waals surface area contributed by atoms with Crippen LogP contribution in [0, 0.1) is 0 Å². The smallest absolute Gasteiger partial charge is 0.221 e. The summed E-state index contributed by atoms with van der Waals surface area (Å²) in [5, 5.41) is 6.07. The zero-order valence-electron chi connectivity index (χ0n) is 9.34. The number of piperazine rings is 1. The molecule has 1 fully saturated rings. The van der Waals surface area contributed by atoms with E-state index < -0.39 is 0 Å². The van der Waals surface area contributed by atoms with Crippen LogP contribution in [0.4, 0.5) is 0 Å². The van der Waals surface area contributed by atoms with Crippen molar-refractivity contribution < 1.29 is 4.79 Å². The molecule has 0 radical (unpaired) electrons. The van der Waals surface area contributed by atoms with Gasteiger partial charge in [0.15, 0.2) is 0 Å². The van der Waals surface area contributed by atoms with E-state index in [1.54, 1.807) is 7.05 Å². The van der Waals surface area contributed by atoms with Gasteiger partial charge in [0.25, 0.3) is 0 Å². The summed E-state index contributed by atoms with van der Waals surface area (Å²) in [6, 6.07) is 1.08. The van der Waals surface area contributed by atoms with Gasteiger partial charge in [0.2, 0.25) is 5.91 Å². The molecule has 0 aliphatic carbocycles. The van der Waals surface area contributed by atoms with E-state index in [1.165, 1.54) is 0 Å². The molecular weight excluding hydrogens is 178 g/mol. The number of carbonyl (C=O) groups is 1. The lowest BCUT2D eigenvalue weighted by atomic mass is 10.1. The number of nitrogens with one attached hydrogen (secondary N) is 2. The van der Waals surface area contributed by atoms with Crippen molar-refractivity contribution in [2.24, 2.45) is 0 Å². The molecule has 0 bridgehead atoms. The molecule has 4 nitrogen and oxygen atoms in total. The van der Waals surface area contributed by atoms with Gasteiger partial charge < -0.3 is 10.6 Å². The number of amides is 1. The zero-order valence-corrected chi connectivity index (χ0v) is 9.34. The summed E-state index contributed by atoms with van der Waals surface area (Å²) in [5.41, 5.74) is 0. The Bertz CT molecular complexity index is 196. The van der Waals surface area contributed by atoms with E-state index in [0.29, 0.717) is 18.5 Å². The summed E-state index contributed by atoms with van der Waals surface area (Å²) in [4.78, 5) is 13.5. The Morgan fingerprint density at radius 2 is 2.29 bits per heavy atom. The lowest BCUT2D eigenvalue weighted by molar-refractivity contribution is -0.121. The predicted molar refractivity (Wildman–Crippen MR) is 57.2 cm³/mol. The monoisotopic (exact) mass is 199 g/mol. The lowest BCUT2D eigenvalue weighted by Gasteiger charge is -2.37. The van der Waals surface area contributed by atoms with Gasteiger partial charge in [0.1, 0.15) is 0 Å². The first kappa shape index (κ1) is 11.5. The molecule has 2 N–H and O–H groups in total. The van der Waals surface area contributed by atoms with Crippen LogP contribution >= 0.6 is 0 Å². The fraction of sp³-hybridized carbons (Fsp3) is 0.900. The Morgan fingerprint density at radius 1 is 1.57 bits per heavy atom. The highest BCUT2D eigenvalue weighted by molar-refractivity contribution is 5.75. The van der Waals surface area contributed by atoms with Crippen molar-refractivity contribution in [1.29, 1.82) is 0 Å². The van der Waals surface area contributed by atoms with Gasteiger partial charge in [-0.25, -0.2) is 0 Å². The topological polar surface area (TPSA) is 44.4 Å². The van der Waals surface area contributed by atoms with Gasteiger partial charge in [-0.1, -0.05) is 0 Å². The normalized spacial score (nSPS) is 28.8. The van der Waals surface area contributed by atoms with Gasteiger partial charge in [-0.3, -0.25) is 9.69 Å². The maximum atomic E-state index is 11.1. The lowest BCUT2D eigenvalue weighted by Crippen LogP contribution is -2.54. The molecule has 82 valence electrons. The third kappa shape index (κ3) is 3.27. The Kier molecular flexibility index (Phi) is 4.35. The van der Waals surface area contributed by atoms with Crippen LogP contribution < -0.4 is 10.6 Å². The second-order valence-electron chi connectivity index (χ2n) is 4.08. The number of rotatable bonds is 3. The van der Waals surface area contributed by atoms with Crippen LogP contribution in [0.1, 0.15) is 20.3 Å². The zero-order chi connectivity index (χ0) is 10.6. The molecule has 1 aliphatic rings. The summed E-state index contributed by atoms with van der Waals surface area (Å²) in [6.07, 6.45) is 0.605. The van der Waals surface area contributed by atoms with Crippen LogP contribution in [0.25, 0.3) is 0 Å². The third-order valence-electron chi connectivity index (χ3n) is 2.80. The van der Waals surface area contributed by atoms with E-state index in [1.807, 2.05) is 0 Å². The summed E-state index contributed by atoms with van der Waals surface area (Å²) in [7, 11) is 1.69. The van der Waals surface area contributed by atoms with Crippen molar-refractivity contribution in [3.05, 3.63) is 0 Å². The highest BCUT2D eigenvalue weighted by Gasteiger charge is 2.22. The molecule has 1 amide bonds. The summed E-state index contributed by atoms with van der Waals surface area (Å²) >= 11 is 0. The van der Waals surface area contributed by atoms with E-state index in [2.05, 4.69) is 29.4 Å². The fourth-order valence-corrected chi connectivity index (χ4v) is 1.78. The van der Waals surface area contributed by atoms with Crippen molar-refractivity contribution in [3.8, 4) is 0 Å². The van der Waals surface area contributed by atoms with Crippen molar-refractivity contribution >= 4 is 5.91 Å². The number of hydrogen-bond donors (Lipinski definition) is 2. The molecule has 1 saturated heterocycles. The molecule has 2 unspecified atom stereocenters.